The summed E-state index contributed by atoms with van der Waals surface area (Å²) >= 11 is 27.0. The zero-order chi connectivity index (χ0) is 77.6. The molecule has 1 saturated carbocycles. The van der Waals surface area contributed by atoms with E-state index in [2.05, 4.69) is 90.0 Å². The number of benzene rings is 2. The van der Waals surface area contributed by atoms with Crippen molar-refractivity contribution in [1.82, 2.24) is 29.9 Å². The van der Waals surface area contributed by atoms with E-state index in [1.165, 1.54) is 125 Å². The fourth-order valence-electron chi connectivity index (χ4n) is 11.8. The Labute approximate surface area is 677 Å². The second-order valence-corrected chi connectivity index (χ2v) is 35.9. The average molecular weight is 1680 g/mol. The number of carbonyl (C=O) groups is 2. The number of hydrogen-bond donors (Lipinski definition) is 4. The molecule has 20 nitrogen and oxygen atoms in total. The molecule has 31 heteroatoms. The van der Waals surface area contributed by atoms with Gasteiger partial charge in [-0.3, -0.25) is 18.9 Å². The van der Waals surface area contributed by atoms with Gasteiger partial charge in [0.15, 0.2) is 5.78 Å². The van der Waals surface area contributed by atoms with Crippen molar-refractivity contribution < 1.29 is 38.3 Å². The maximum Gasteiger partial charge on any atom is 0.373 e. The van der Waals surface area contributed by atoms with Gasteiger partial charge in [0.1, 0.15) is 60.2 Å². The van der Waals surface area contributed by atoms with E-state index in [-0.39, 0.29) is 43.4 Å². The summed E-state index contributed by atoms with van der Waals surface area (Å²) in [6, 6.07) is 19.7. The molecule has 9 aromatic rings. The number of aliphatic hydroxyl groups excluding tert-OH is 1. The number of methoxy groups -OCH3 is 2. The number of nitriles is 2. The van der Waals surface area contributed by atoms with E-state index >= 15 is 0 Å². The molecule has 0 spiro atoms. The van der Waals surface area contributed by atoms with Gasteiger partial charge in [0.2, 0.25) is 0 Å². The number of aryl methyl sites for hydroxylation is 10. The Morgan fingerprint density at radius 3 is 1.45 bits per heavy atom. The Morgan fingerprint density at radius 2 is 1.06 bits per heavy atom. The summed E-state index contributed by atoms with van der Waals surface area (Å²) in [7, 11) is 7.32. The number of aromatic nitrogens is 6. The Balaban J connectivity index is 0.000000422. The van der Waals surface area contributed by atoms with Crippen LogP contribution in [0.2, 0.25) is 5.15 Å². The highest BCUT2D eigenvalue weighted by Gasteiger charge is 2.25. The van der Waals surface area contributed by atoms with Gasteiger partial charge in [-0.1, -0.05) is 38.3 Å². The zero-order valence-electron chi connectivity index (χ0n) is 62.9. The Kier molecular flexibility index (Phi) is 47.1. The molecule has 0 aliphatic heterocycles. The number of thiophene rings is 4. The number of halogens is 5. The largest absolute Gasteiger partial charge is 0.497 e. The number of fused-ring (bicyclic) bond motifs is 10. The van der Waals surface area contributed by atoms with Crippen molar-refractivity contribution in [3.63, 3.8) is 0 Å². The van der Waals surface area contributed by atoms with Crippen LogP contribution in [-0.2, 0) is 70.3 Å². The fraction of sp³-hybridized carbons (Fsp3) is 0.487. The molecule has 0 unspecified atom stereocenters. The first-order valence-electron chi connectivity index (χ1n) is 35.1. The number of carbonyl (C=O) groups excluding carboxylic acids is 4. The molecule has 107 heavy (non-hydrogen) atoms. The molecule has 7 aromatic heterocycles. The standard InChI is InChI=1S/C19H21N3OS.C11H11ClN2S.C11H12N2OS.C10H13NOS.C8H11NO.C6H10O.C4H7N.C4H10O.C2H3N.CO2.Cl3OP.ClH.H2S/c1-12-20-18(22(2)13-8-10-14(23-3)11-9-13)17-15-6-4-5-7-16(15)24-19(17)21-12;1-6-13-10(12)9-7-4-2-3-5-8(7)15-11(9)14-6;1-6-12-10(14)9-7-4-2-3-5-8(7)15-11(9)13-6;1-6(12)9-7-4-2-3-5-8(7)13-10(9)11;1-9-7-3-5-8(10-2)6-4-7;7-6-4-2-1-3-5-6;2*1-2-3-4-5;1-2-3;2-1-3;1-5(2,3)4;;/h8-11H,4-7H2,1-3H3;2-5H2,1H3;2-5H2,1H3,(H,12,13,14);2-5,11H2,1H3;3-6,9H,1-2H3;1-5H2;2-3H2,1H3;5H,2-4H2,1H3;1H3;;;1H;1H2. The van der Waals surface area contributed by atoms with Crippen LogP contribution in [0.25, 0.3) is 30.6 Å². The maximum atomic E-state index is 11.8. The molecule has 584 valence electrons. The number of ketones is 2. The average Bonchev–Trinajstić information content (AvgIpc) is 1.65. The first kappa shape index (κ1) is 96.8. The van der Waals surface area contributed by atoms with Crippen LogP contribution >= 0.6 is 122 Å². The lowest BCUT2D eigenvalue weighted by molar-refractivity contribution is -0.191. The van der Waals surface area contributed by atoms with E-state index in [0.29, 0.717) is 29.8 Å². The third-order valence-corrected chi connectivity index (χ3v) is 21.7. The molecular formula is C76H101Cl5N11O9PS5. The molecular weight excluding hydrogens is 1580 g/mol. The highest BCUT2D eigenvalue weighted by molar-refractivity contribution is 8.24. The summed E-state index contributed by atoms with van der Waals surface area (Å²) < 4.78 is 19.8. The van der Waals surface area contributed by atoms with Crippen molar-refractivity contribution in [1.29, 1.82) is 10.5 Å². The second-order valence-electron chi connectivity index (χ2n) is 24.5. The van der Waals surface area contributed by atoms with Crippen molar-refractivity contribution in [2.45, 2.75) is 209 Å². The van der Waals surface area contributed by atoms with Crippen molar-refractivity contribution in [2.24, 2.45) is 0 Å². The number of nitrogens with two attached hydrogens (primary N) is 1. The summed E-state index contributed by atoms with van der Waals surface area (Å²) in [6.07, 6.45) is 28.2. The van der Waals surface area contributed by atoms with E-state index in [1.807, 2.05) is 88.5 Å². The molecule has 14 rings (SSSR count). The lowest BCUT2D eigenvalue weighted by atomic mass is 9.94. The topological polar surface area (TPSA) is 310 Å². The predicted octanol–water partition coefficient (Wildman–Crippen LogP) is 21.4. The zero-order valence-corrected chi connectivity index (χ0v) is 71.9. The van der Waals surface area contributed by atoms with Gasteiger partial charge in [-0.25, -0.2) is 24.9 Å². The molecule has 5 aliphatic carbocycles. The van der Waals surface area contributed by atoms with Crippen molar-refractivity contribution >= 4 is 192 Å². The maximum absolute atomic E-state index is 11.8. The van der Waals surface area contributed by atoms with Crippen LogP contribution in [0.15, 0.2) is 53.3 Å². The first-order chi connectivity index (χ1) is 50.3. The first-order valence-corrected chi connectivity index (χ1v) is 43.2. The summed E-state index contributed by atoms with van der Waals surface area (Å²) in [6.45, 7) is 13.1. The highest BCUT2D eigenvalue weighted by Crippen LogP contribution is 2.61. The third kappa shape index (κ3) is 32.3. The summed E-state index contributed by atoms with van der Waals surface area (Å²) in [5.41, 5.74) is 14.2. The minimum absolute atomic E-state index is 0. The van der Waals surface area contributed by atoms with Crippen LogP contribution in [0, 0.1) is 43.4 Å². The predicted molar refractivity (Wildman–Crippen MR) is 453 cm³/mol. The van der Waals surface area contributed by atoms with Gasteiger partial charge in [-0.05, 0) is 261 Å². The fourth-order valence-corrected chi connectivity index (χ4v) is 17.3. The van der Waals surface area contributed by atoms with Gasteiger partial charge >= 0.3 is 11.4 Å². The molecule has 0 radical (unpaired) electrons. The van der Waals surface area contributed by atoms with Gasteiger partial charge < -0.3 is 35.5 Å². The summed E-state index contributed by atoms with van der Waals surface area (Å²) in [5, 5.41) is 27.6. The smallest absolute Gasteiger partial charge is 0.373 e. The normalized spacial score (nSPS) is 13.0. The molecule has 0 bridgehead atoms. The Hall–Kier alpha value is -6.25. The van der Waals surface area contributed by atoms with Gasteiger partial charge in [-0.2, -0.15) is 33.6 Å². The second kappa shape index (κ2) is 52.0. The van der Waals surface area contributed by atoms with Gasteiger partial charge in [0.05, 0.1) is 53.1 Å². The molecule has 0 saturated heterocycles. The number of nitrogen functional groups attached to an aromatic ring is 1. The molecule has 7 heterocycles. The monoisotopic (exact) mass is 1680 g/mol. The molecule has 2 aromatic carbocycles. The number of nitrogens with zero attached hydrogens (tertiary/aromatic N) is 8. The SMILES string of the molecule is CC#N.CC(=O)c1c(N)sc2c1CCCC2.CCCC#N.CCCCO.CNc1ccc(OC)cc1.COc1ccc(N(C)c2nc(C)nc3sc4c(c23)CCCC4)cc1.Cc1nc(Cl)c2c3c(sc2n1)CCCC3.Cc1nc2sc3c(c2c(=O)[nH]1)CCCC3.Cl.O=C1CCCCC1.O=C=O.O=P(Cl)(Cl)Cl.S. The minimum Gasteiger partial charge on any atom is -0.497 e. The van der Waals surface area contributed by atoms with Crippen LogP contribution in [-0.4, -0.2) is 87.7 Å². The lowest BCUT2D eigenvalue weighted by Gasteiger charge is -2.21. The van der Waals surface area contributed by atoms with Crippen LogP contribution in [0.5, 0.6) is 11.5 Å². The molecule has 5 N–H and O–H groups in total. The lowest BCUT2D eigenvalue weighted by Crippen LogP contribution is -2.13. The number of hydrogen-bond acceptors (Lipinski definition) is 23. The molecule has 1 fully saturated rings. The quantitative estimate of drug-likeness (QED) is 0.0593. The van der Waals surface area contributed by atoms with Gasteiger partial charge in [-0.15, -0.1) is 57.8 Å². The number of rotatable bonds is 9. The van der Waals surface area contributed by atoms with Crippen molar-refractivity contribution in [3.05, 3.63) is 129 Å². The Morgan fingerprint density at radius 1 is 0.654 bits per heavy atom. The van der Waals surface area contributed by atoms with Gasteiger partial charge in [0, 0.05) is 77.8 Å². The van der Waals surface area contributed by atoms with Crippen LogP contribution in [0.1, 0.15) is 206 Å². The number of aromatic amines is 1. The third-order valence-electron chi connectivity index (χ3n) is 16.7. The number of anilines is 4. The highest BCUT2D eigenvalue weighted by atomic mass is 36.0. The molecule has 0 atom stereocenters. The summed E-state index contributed by atoms with van der Waals surface area (Å²) in [5.74, 6) is 5.67. The van der Waals surface area contributed by atoms with Crippen molar-refractivity contribution in [2.75, 3.05) is 50.9 Å². The van der Waals surface area contributed by atoms with E-state index < -0.39 is 5.20 Å². The number of aliphatic hydroxyl groups is 1. The van der Waals surface area contributed by atoms with E-state index in [1.54, 1.807) is 61.2 Å². The van der Waals surface area contributed by atoms with Crippen LogP contribution in [0.3, 0.4) is 0 Å². The van der Waals surface area contributed by atoms with Crippen LogP contribution < -0.4 is 31.0 Å². The number of H-pyrrole nitrogens is 1. The van der Waals surface area contributed by atoms with Gasteiger partial charge in [0.25, 0.3) is 5.56 Å². The number of nitrogens with one attached hydrogen (secondary N) is 2. The Bertz CT molecular complexity index is 4410. The summed E-state index contributed by atoms with van der Waals surface area (Å²) in [4.78, 5) is 86.3. The molecule has 0 amide bonds. The van der Waals surface area contributed by atoms with Crippen molar-refractivity contribution in [3.8, 4) is 23.6 Å². The van der Waals surface area contributed by atoms with E-state index in [4.69, 9.17) is 62.0 Å². The van der Waals surface area contributed by atoms with E-state index in [0.717, 1.165) is 160 Å². The van der Waals surface area contributed by atoms with E-state index in [9.17, 15) is 18.9 Å². The number of Topliss-reactive ketones (excluding diaryl/α,β-unsaturated/α-hetero) is 2. The minimum atomic E-state index is -3.22. The van der Waals surface area contributed by atoms with Crippen LogP contribution in [0.4, 0.5) is 22.2 Å². The number of unbranched alkanes of at least 4 members (excludes halogenated alkanes) is 2. The molecule has 5 aliphatic rings. The number of ether oxygens (including phenoxy) is 2.